The molecule has 10 heteroatoms. The summed E-state index contributed by atoms with van der Waals surface area (Å²) >= 11 is 6.86. The second-order valence-corrected chi connectivity index (χ2v) is 11.7. The SMILES string of the molecule is CCCn1c(N2CCCC(C(=O)OCC)C2)c(/C=C2\SC(=S)N(C(C)c3ccccc3)C2=O)c(C)c(C#N)c1=O. The predicted octanol–water partition coefficient (Wildman–Crippen LogP) is 5.18. The first-order valence-corrected chi connectivity index (χ1v) is 14.9. The Morgan fingerprint density at radius 1 is 1.27 bits per heavy atom. The van der Waals surface area contributed by atoms with Crippen LogP contribution in [0.25, 0.3) is 6.08 Å². The van der Waals surface area contributed by atoms with Crippen molar-refractivity contribution in [2.75, 3.05) is 24.6 Å². The van der Waals surface area contributed by atoms with Crippen LogP contribution in [0.3, 0.4) is 0 Å². The molecule has 0 saturated carbocycles. The molecule has 1 aromatic heterocycles. The van der Waals surface area contributed by atoms with E-state index in [1.165, 1.54) is 11.8 Å². The molecule has 2 unspecified atom stereocenters. The van der Waals surface area contributed by atoms with Crippen LogP contribution in [0.1, 0.15) is 68.3 Å². The molecule has 1 amide bonds. The number of ether oxygens (including phenoxy) is 1. The molecule has 40 heavy (non-hydrogen) atoms. The van der Waals surface area contributed by atoms with Crippen LogP contribution >= 0.6 is 24.0 Å². The molecule has 1 aromatic carbocycles. The Morgan fingerprint density at radius 2 is 2.00 bits per heavy atom. The van der Waals surface area contributed by atoms with Gasteiger partial charge in [-0.1, -0.05) is 61.2 Å². The van der Waals surface area contributed by atoms with E-state index in [1.54, 1.807) is 29.4 Å². The van der Waals surface area contributed by atoms with E-state index < -0.39 is 0 Å². The van der Waals surface area contributed by atoms with Crippen LogP contribution in [0, 0.1) is 24.2 Å². The summed E-state index contributed by atoms with van der Waals surface area (Å²) in [6.45, 7) is 9.17. The van der Waals surface area contributed by atoms with Gasteiger partial charge in [-0.15, -0.1) is 0 Å². The molecule has 0 spiro atoms. The summed E-state index contributed by atoms with van der Waals surface area (Å²) < 4.78 is 7.38. The predicted molar refractivity (Wildman–Crippen MR) is 162 cm³/mol. The van der Waals surface area contributed by atoms with Crippen molar-refractivity contribution < 1.29 is 14.3 Å². The number of carbonyl (C=O) groups excluding carboxylic acids is 2. The average molecular weight is 579 g/mol. The Labute approximate surface area is 244 Å². The number of nitrogens with zero attached hydrogens (tertiary/aromatic N) is 4. The normalized spacial score (nSPS) is 19.2. The molecule has 2 atom stereocenters. The number of hydrogen-bond acceptors (Lipinski definition) is 8. The maximum atomic E-state index is 13.7. The van der Waals surface area contributed by atoms with Crippen molar-refractivity contribution in [3.63, 3.8) is 0 Å². The summed E-state index contributed by atoms with van der Waals surface area (Å²) in [4.78, 5) is 43.9. The minimum absolute atomic E-state index is 0.0514. The summed E-state index contributed by atoms with van der Waals surface area (Å²) in [6, 6.07) is 11.5. The second-order valence-electron chi connectivity index (χ2n) is 9.98. The molecule has 2 aliphatic rings. The second kappa shape index (κ2) is 12.8. The number of esters is 1. The number of benzene rings is 1. The van der Waals surface area contributed by atoms with Crippen molar-refractivity contribution in [2.24, 2.45) is 5.92 Å². The van der Waals surface area contributed by atoms with Gasteiger partial charge in [0.1, 0.15) is 21.8 Å². The minimum atomic E-state index is -0.363. The van der Waals surface area contributed by atoms with Crippen LogP contribution in [0.5, 0.6) is 0 Å². The van der Waals surface area contributed by atoms with Gasteiger partial charge in [0.05, 0.1) is 23.5 Å². The molecule has 210 valence electrons. The van der Waals surface area contributed by atoms with E-state index in [4.69, 9.17) is 17.0 Å². The number of thiocarbonyl (C=S) groups is 1. The Hall–Kier alpha value is -3.42. The van der Waals surface area contributed by atoms with Crippen molar-refractivity contribution in [3.05, 3.63) is 67.8 Å². The first kappa shape index (κ1) is 29.6. The van der Waals surface area contributed by atoms with Crippen LogP contribution in [-0.2, 0) is 20.9 Å². The van der Waals surface area contributed by atoms with Gasteiger partial charge in [0.15, 0.2) is 0 Å². The van der Waals surface area contributed by atoms with Crippen molar-refractivity contribution >= 4 is 52.1 Å². The highest BCUT2D eigenvalue weighted by Gasteiger charge is 2.37. The Bertz CT molecular complexity index is 1440. The van der Waals surface area contributed by atoms with Crippen molar-refractivity contribution in [1.29, 1.82) is 5.26 Å². The molecular weight excluding hydrogens is 544 g/mol. The highest BCUT2D eigenvalue weighted by molar-refractivity contribution is 8.26. The Balaban J connectivity index is 1.84. The van der Waals surface area contributed by atoms with Gasteiger partial charge in [-0.2, -0.15) is 5.26 Å². The van der Waals surface area contributed by atoms with Gasteiger partial charge in [-0.3, -0.25) is 23.9 Å². The quantitative estimate of drug-likeness (QED) is 0.240. The minimum Gasteiger partial charge on any atom is -0.466 e. The monoisotopic (exact) mass is 578 g/mol. The lowest BCUT2D eigenvalue weighted by Gasteiger charge is -2.36. The molecule has 0 radical (unpaired) electrons. The van der Waals surface area contributed by atoms with E-state index in [-0.39, 0.29) is 35.0 Å². The number of pyridine rings is 1. The number of piperidine rings is 1. The lowest BCUT2D eigenvalue weighted by atomic mass is 9.96. The first-order valence-electron chi connectivity index (χ1n) is 13.6. The van der Waals surface area contributed by atoms with Crippen LogP contribution in [0.2, 0.25) is 0 Å². The van der Waals surface area contributed by atoms with E-state index in [0.29, 0.717) is 65.3 Å². The third-order valence-electron chi connectivity index (χ3n) is 7.40. The molecule has 8 nitrogen and oxygen atoms in total. The number of thioether (sulfide) groups is 1. The van der Waals surface area contributed by atoms with Crippen molar-refractivity contribution in [2.45, 2.75) is 59.5 Å². The van der Waals surface area contributed by atoms with E-state index in [0.717, 1.165) is 12.0 Å². The zero-order valence-corrected chi connectivity index (χ0v) is 24.9. The molecular formula is C30H34N4O4S2. The summed E-state index contributed by atoms with van der Waals surface area (Å²) in [5, 5.41) is 9.93. The van der Waals surface area contributed by atoms with Crippen molar-refractivity contribution in [1.82, 2.24) is 9.47 Å². The van der Waals surface area contributed by atoms with Gasteiger partial charge in [0, 0.05) is 25.2 Å². The number of amides is 1. The van der Waals surface area contributed by atoms with E-state index in [9.17, 15) is 19.6 Å². The van der Waals surface area contributed by atoms with Gasteiger partial charge >= 0.3 is 5.97 Å². The van der Waals surface area contributed by atoms with Crippen LogP contribution in [0.15, 0.2) is 40.0 Å². The number of carbonyl (C=O) groups is 2. The molecule has 0 N–H and O–H groups in total. The Morgan fingerprint density at radius 3 is 2.65 bits per heavy atom. The fourth-order valence-electron chi connectivity index (χ4n) is 5.36. The number of rotatable bonds is 8. The number of anilines is 1. The van der Waals surface area contributed by atoms with Crippen LogP contribution < -0.4 is 10.5 Å². The number of hydrogen-bond donors (Lipinski definition) is 0. The molecule has 4 rings (SSSR count). The van der Waals surface area contributed by atoms with Crippen molar-refractivity contribution in [3.8, 4) is 6.07 Å². The maximum Gasteiger partial charge on any atom is 0.310 e. The van der Waals surface area contributed by atoms with E-state index >= 15 is 0 Å². The first-order chi connectivity index (χ1) is 19.2. The molecule has 0 bridgehead atoms. The molecule has 2 fully saturated rings. The summed E-state index contributed by atoms with van der Waals surface area (Å²) in [5.41, 5.74) is 1.79. The fourth-order valence-corrected chi connectivity index (χ4v) is 6.76. The van der Waals surface area contributed by atoms with Crippen LogP contribution in [0.4, 0.5) is 5.82 Å². The third-order valence-corrected chi connectivity index (χ3v) is 8.73. The smallest absolute Gasteiger partial charge is 0.310 e. The number of aromatic nitrogens is 1. The van der Waals surface area contributed by atoms with E-state index in [1.807, 2.05) is 49.1 Å². The highest BCUT2D eigenvalue weighted by atomic mass is 32.2. The molecule has 2 aliphatic heterocycles. The van der Waals surface area contributed by atoms with Gasteiger partial charge in [-0.25, -0.2) is 0 Å². The van der Waals surface area contributed by atoms with Gasteiger partial charge < -0.3 is 9.64 Å². The highest BCUT2D eigenvalue weighted by Crippen LogP contribution is 2.40. The van der Waals surface area contributed by atoms with Gasteiger partial charge in [-0.05, 0) is 57.2 Å². The van der Waals surface area contributed by atoms with Gasteiger partial charge in [0.2, 0.25) is 0 Å². The third kappa shape index (κ3) is 5.72. The number of nitriles is 1. The molecule has 3 heterocycles. The molecule has 2 aromatic rings. The Kier molecular flexibility index (Phi) is 9.48. The summed E-state index contributed by atoms with van der Waals surface area (Å²) in [5.74, 6) is -0.169. The topological polar surface area (TPSA) is 95.6 Å². The molecule has 2 saturated heterocycles. The molecule has 0 aliphatic carbocycles. The fraction of sp³-hybridized carbons (Fsp3) is 0.433. The van der Waals surface area contributed by atoms with Gasteiger partial charge in [0.25, 0.3) is 11.5 Å². The van der Waals surface area contributed by atoms with Crippen LogP contribution in [-0.4, -0.2) is 45.4 Å². The average Bonchev–Trinajstić information content (AvgIpc) is 3.24. The zero-order valence-electron chi connectivity index (χ0n) is 23.3. The summed E-state index contributed by atoms with van der Waals surface area (Å²) in [6.07, 6.45) is 3.89. The summed E-state index contributed by atoms with van der Waals surface area (Å²) in [7, 11) is 0. The van der Waals surface area contributed by atoms with E-state index in [2.05, 4.69) is 6.07 Å². The maximum absolute atomic E-state index is 13.7. The lowest BCUT2D eigenvalue weighted by molar-refractivity contribution is -0.148. The lowest BCUT2D eigenvalue weighted by Crippen LogP contribution is -2.43. The standard InChI is InChI=1S/C30H34N4O4S2/c1-5-14-33-26(32-15-10-13-22(18-32)29(37)38-6-2)23(19(3)24(17-31)27(33)35)16-25-28(36)34(30(39)40-25)20(4)21-11-8-7-9-12-21/h7-9,11-12,16,20,22H,5-6,10,13-15,18H2,1-4H3/b25-16-. The zero-order chi connectivity index (χ0) is 29.0. The largest absolute Gasteiger partial charge is 0.466 e.